The Balaban J connectivity index is 1.40. The molecule has 1 fully saturated rings. The van der Waals surface area contributed by atoms with Crippen LogP contribution in [0.25, 0.3) is 0 Å². The minimum atomic E-state index is 0.319. The summed E-state index contributed by atoms with van der Waals surface area (Å²) in [6.45, 7) is 3.76. The molecular weight excluding hydrogens is 372 g/mol. The molecule has 0 saturated carbocycles. The molecule has 0 unspecified atom stereocenters. The molecule has 1 aliphatic heterocycles. The summed E-state index contributed by atoms with van der Waals surface area (Å²) in [5.74, 6) is 2.12. The van der Waals surface area contributed by atoms with Gasteiger partial charge in [-0.25, -0.2) is 0 Å². The third kappa shape index (κ3) is 4.92. The van der Waals surface area contributed by atoms with Crippen LogP contribution >= 0.6 is 0 Å². The predicted octanol–water partition coefficient (Wildman–Crippen LogP) is 5.05. The Labute approximate surface area is 180 Å². The molecule has 158 valence electrons. The summed E-state index contributed by atoms with van der Waals surface area (Å²) in [7, 11) is 1.72. The number of amides is 1. The summed E-state index contributed by atoms with van der Waals surface area (Å²) in [5.41, 5.74) is 4.70. The zero-order chi connectivity index (χ0) is 20.9. The van der Waals surface area contributed by atoms with Gasteiger partial charge in [0.05, 0.1) is 7.11 Å². The Morgan fingerprint density at radius 1 is 1.17 bits per heavy atom. The van der Waals surface area contributed by atoms with E-state index < -0.39 is 0 Å². The maximum Gasteiger partial charge on any atom is 0.223 e. The van der Waals surface area contributed by atoms with E-state index in [1.54, 1.807) is 7.11 Å². The number of aromatic nitrogens is 1. The second-order valence-electron chi connectivity index (χ2n) is 8.66. The highest BCUT2D eigenvalue weighted by Crippen LogP contribution is 2.30. The number of pyridine rings is 1. The third-order valence-electron chi connectivity index (χ3n) is 6.44. The first-order valence-electron chi connectivity index (χ1n) is 11.2. The summed E-state index contributed by atoms with van der Waals surface area (Å²) >= 11 is 0. The van der Waals surface area contributed by atoms with Crippen LogP contribution < -0.4 is 4.74 Å². The Bertz CT molecular complexity index is 913. The Hall–Kier alpha value is -2.62. The van der Waals surface area contributed by atoms with Crippen LogP contribution in [0.3, 0.4) is 0 Å². The van der Waals surface area contributed by atoms with Gasteiger partial charge in [-0.15, -0.1) is 0 Å². The van der Waals surface area contributed by atoms with Crippen LogP contribution in [0.5, 0.6) is 5.75 Å². The molecule has 0 bridgehead atoms. The summed E-state index contributed by atoms with van der Waals surface area (Å²) in [6, 6.07) is 12.6. The highest BCUT2D eigenvalue weighted by Gasteiger charge is 2.26. The van der Waals surface area contributed by atoms with Gasteiger partial charge in [-0.2, -0.15) is 0 Å². The molecule has 0 spiro atoms. The van der Waals surface area contributed by atoms with Gasteiger partial charge in [0, 0.05) is 43.2 Å². The number of methoxy groups -OCH3 is 1. The fourth-order valence-electron chi connectivity index (χ4n) is 4.79. The van der Waals surface area contributed by atoms with E-state index in [2.05, 4.69) is 48.2 Å². The number of hydrogen-bond acceptors (Lipinski definition) is 3. The summed E-state index contributed by atoms with van der Waals surface area (Å²) in [6.07, 6.45) is 10.2. The van der Waals surface area contributed by atoms with Gasteiger partial charge in [-0.1, -0.05) is 30.4 Å². The normalized spacial score (nSPS) is 19.3. The van der Waals surface area contributed by atoms with Gasteiger partial charge >= 0.3 is 0 Å². The standard InChI is InChI=1S/C26H32N2O2/c1-19-15-21(16-23-9-5-6-10-25(23)30-2)17-24(27-19)22-11-13-28(14-12-22)26(29)18-20-7-3-4-8-20/h3,5-7,9-10,15,17,20,22H,4,8,11-14,16,18H2,1-2H3/t20-/m0/s1. The largest absolute Gasteiger partial charge is 0.496 e. The van der Waals surface area contributed by atoms with Crippen molar-refractivity contribution in [1.82, 2.24) is 9.88 Å². The van der Waals surface area contributed by atoms with Crippen molar-refractivity contribution < 1.29 is 9.53 Å². The molecule has 0 N–H and O–H groups in total. The van der Waals surface area contributed by atoms with Crippen molar-refractivity contribution in [3.8, 4) is 5.75 Å². The molecule has 4 heteroatoms. The molecule has 1 aliphatic carbocycles. The number of rotatable bonds is 6. The number of carbonyl (C=O) groups excluding carboxylic acids is 1. The van der Waals surface area contributed by atoms with Crippen molar-refractivity contribution in [2.75, 3.05) is 20.2 Å². The van der Waals surface area contributed by atoms with Gasteiger partial charge in [-0.05, 0) is 67.9 Å². The fraction of sp³-hybridized carbons (Fsp3) is 0.462. The zero-order valence-electron chi connectivity index (χ0n) is 18.1. The molecule has 1 saturated heterocycles. The van der Waals surface area contributed by atoms with Crippen molar-refractivity contribution in [1.29, 1.82) is 0 Å². The number of likely N-dealkylation sites (tertiary alicyclic amines) is 1. The Morgan fingerprint density at radius 2 is 1.97 bits per heavy atom. The molecule has 4 rings (SSSR count). The number of benzene rings is 1. The second kappa shape index (κ2) is 9.46. The minimum Gasteiger partial charge on any atom is -0.496 e. The maximum atomic E-state index is 12.6. The van der Waals surface area contributed by atoms with Gasteiger partial charge < -0.3 is 9.64 Å². The van der Waals surface area contributed by atoms with Gasteiger partial charge in [-0.3, -0.25) is 9.78 Å². The van der Waals surface area contributed by atoms with Crippen LogP contribution in [0.2, 0.25) is 0 Å². The average Bonchev–Trinajstić information content (AvgIpc) is 3.27. The second-order valence-corrected chi connectivity index (χ2v) is 8.66. The number of aryl methyl sites for hydroxylation is 1. The van der Waals surface area contributed by atoms with E-state index in [0.717, 1.165) is 56.6 Å². The third-order valence-corrected chi connectivity index (χ3v) is 6.44. The Morgan fingerprint density at radius 3 is 2.70 bits per heavy atom. The lowest BCUT2D eigenvalue weighted by molar-refractivity contribution is -0.132. The lowest BCUT2D eigenvalue weighted by Gasteiger charge is -2.32. The van der Waals surface area contributed by atoms with E-state index in [0.29, 0.717) is 24.2 Å². The predicted molar refractivity (Wildman–Crippen MR) is 120 cm³/mol. The van der Waals surface area contributed by atoms with Crippen LogP contribution in [-0.4, -0.2) is 36.0 Å². The van der Waals surface area contributed by atoms with Gasteiger partial charge in [0.2, 0.25) is 5.91 Å². The van der Waals surface area contributed by atoms with E-state index in [9.17, 15) is 4.79 Å². The van der Waals surface area contributed by atoms with Crippen LogP contribution in [0.15, 0.2) is 48.6 Å². The number of nitrogens with zero attached hydrogens (tertiary/aromatic N) is 2. The van der Waals surface area contributed by atoms with Crippen LogP contribution in [0, 0.1) is 12.8 Å². The molecule has 1 aromatic heterocycles. The SMILES string of the molecule is COc1ccccc1Cc1cc(C)nc(C2CCN(C(=O)C[C@H]3C=CCC3)CC2)c1. The maximum absolute atomic E-state index is 12.6. The fourth-order valence-corrected chi connectivity index (χ4v) is 4.79. The van der Waals surface area contributed by atoms with Crippen molar-refractivity contribution >= 4 is 5.91 Å². The first-order chi connectivity index (χ1) is 14.6. The monoisotopic (exact) mass is 404 g/mol. The van der Waals surface area contributed by atoms with Crippen molar-refractivity contribution in [2.45, 2.75) is 51.4 Å². The number of allylic oxidation sites excluding steroid dienone is 2. The summed E-state index contributed by atoms with van der Waals surface area (Å²) in [5, 5.41) is 0. The van der Waals surface area contributed by atoms with Crippen molar-refractivity contribution in [3.63, 3.8) is 0 Å². The molecule has 2 aromatic rings. The van der Waals surface area contributed by atoms with Crippen LogP contribution in [0.1, 0.15) is 60.5 Å². The topological polar surface area (TPSA) is 42.4 Å². The highest BCUT2D eigenvalue weighted by molar-refractivity contribution is 5.76. The molecule has 1 atom stereocenters. The molecule has 0 radical (unpaired) electrons. The number of ether oxygens (including phenoxy) is 1. The Kier molecular flexibility index (Phi) is 6.51. The average molecular weight is 405 g/mol. The van der Waals surface area contributed by atoms with Gasteiger partial charge in [0.1, 0.15) is 5.75 Å². The molecule has 2 aliphatic rings. The molecule has 2 heterocycles. The molecule has 1 amide bonds. The van der Waals surface area contributed by atoms with E-state index in [4.69, 9.17) is 9.72 Å². The number of piperidine rings is 1. The van der Waals surface area contributed by atoms with Crippen molar-refractivity contribution in [3.05, 3.63) is 71.1 Å². The molecular formula is C26H32N2O2. The van der Waals surface area contributed by atoms with Crippen molar-refractivity contribution in [2.24, 2.45) is 5.92 Å². The number of para-hydroxylation sites is 1. The van der Waals surface area contributed by atoms with Crippen LogP contribution in [-0.2, 0) is 11.2 Å². The first kappa shape index (κ1) is 20.6. The van der Waals surface area contributed by atoms with Gasteiger partial charge in [0.15, 0.2) is 0 Å². The molecule has 1 aromatic carbocycles. The number of carbonyl (C=O) groups is 1. The first-order valence-corrected chi connectivity index (χ1v) is 11.2. The highest BCUT2D eigenvalue weighted by atomic mass is 16.5. The van der Waals surface area contributed by atoms with E-state index >= 15 is 0 Å². The minimum absolute atomic E-state index is 0.319. The summed E-state index contributed by atoms with van der Waals surface area (Å²) in [4.78, 5) is 19.5. The molecule has 30 heavy (non-hydrogen) atoms. The van der Waals surface area contributed by atoms with Gasteiger partial charge in [0.25, 0.3) is 0 Å². The quantitative estimate of drug-likeness (QED) is 0.633. The zero-order valence-corrected chi connectivity index (χ0v) is 18.1. The molecule has 4 nitrogen and oxygen atoms in total. The van der Waals surface area contributed by atoms with E-state index in [1.807, 2.05) is 12.1 Å². The summed E-state index contributed by atoms with van der Waals surface area (Å²) < 4.78 is 5.52. The van der Waals surface area contributed by atoms with E-state index in [1.165, 1.54) is 16.8 Å². The number of hydrogen-bond donors (Lipinski definition) is 0. The van der Waals surface area contributed by atoms with Crippen LogP contribution in [0.4, 0.5) is 0 Å². The smallest absolute Gasteiger partial charge is 0.223 e. The van der Waals surface area contributed by atoms with E-state index in [-0.39, 0.29) is 0 Å². The lowest BCUT2D eigenvalue weighted by atomic mass is 9.90. The lowest BCUT2D eigenvalue weighted by Crippen LogP contribution is -2.38.